The van der Waals surface area contributed by atoms with Gasteiger partial charge in [-0.2, -0.15) is 0 Å². The fourth-order valence-corrected chi connectivity index (χ4v) is 4.42. The Balaban J connectivity index is 2.09. The van der Waals surface area contributed by atoms with E-state index in [1.165, 1.54) is 32.1 Å². The van der Waals surface area contributed by atoms with Gasteiger partial charge in [0.2, 0.25) is 0 Å². The summed E-state index contributed by atoms with van der Waals surface area (Å²) in [7, 11) is 0. The van der Waals surface area contributed by atoms with Gasteiger partial charge in [0.15, 0.2) is 0 Å². The molecule has 1 saturated carbocycles. The minimum absolute atomic E-state index is 0.126. The predicted molar refractivity (Wildman–Crippen MR) is 102 cm³/mol. The van der Waals surface area contributed by atoms with E-state index in [0.717, 1.165) is 31.2 Å². The molecule has 1 heterocycles. The number of phenols is 1. The van der Waals surface area contributed by atoms with Gasteiger partial charge in [-0.05, 0) is 54.9 Å². The van der Waals surface area contributed by atoms with Crippen LogP contribution >= 0.6 is 0 Å². The highest BCUT2D eigenvalue weighted by Gasteiger charge is 2.34. The van der Waals surface area contributed by atoms with Gasteiger partial charge in [-0.1, -0.05) is 52.4 Å². The normalized spacial score (nSPS) is 17.0. The summed E-state index contributed by atoms with van der Waals surface area (Å²) < 4.78 is 5.59. The van der Waals surface area contributed by atoms with Crippen molar-refractivity contribution in [3.63, 3.8) is 0 Å². The van der Waals surface area contributed by atoms with Crippen LogP contribution in [0.4, 0.5) is 0 Å². The van der Waals surface area contributed by atoms with E-state index in [0.29, 0.717) is 23.0 Å². The summed E-state index contributed by atoms with van der Waals surface area (Å²) in [5.74, 6) is 0.245. The molecular formula is C22H30O3. The van der Waals surface area contributed by atoms with Crippen molar-refractivity contribution in [2.24, 2.45) is 0 Å². The van der Waals surface area contributed by atoms with E-state index in [2.05, 4.69) is 6.92 Å². The van der Waals surface area contributed by atoms with Gasteiger partial charge in [-0.15, -0.1) is 0 Å². The number of aryl methyl sites for hydroxylation is 1. The van der Waals surface area contributed by atoms with Crippen LogP contribution < -0.4 is 5.63 Å². The Morgan fingerprint density at radius 2 is 1.84 bits per heavy atom. The Morgan fingerprint density at radius 3 is 2.52 bits per heavy atom. The van der Waals surface area contributed by atoms with Crippen molar-refractivity contribution < 1.29 is 9.52 Å². The average Bonchev–Trinajstić information content (AvgIpc) is 2.62. The number of rotatable bonds is 6. The topological polar surface area (TPSA) is 50.4 Å². The Labute approximate surface area is 150 Å². The molecule has 0 bridgehead atoms. The quantitative estimate of drug-likeness (QED) is 0.671. The molecule has 136 valence electrons. The van der Waals surface area contributed by atoms with Crippen molar-refractivity contribution in [3.8, 4) is 5.75 Å². The molecule has 0 aliphatic heterocycles. The molecule has 0 unspecified atom stereocenters. The highest BCUT2D eigenvalue weighted by atomic mass is 16.4. The maximum atomic E-state index is 12.2. The van der Waals surface area contributed by atoms with Crippen LogP contribution in [-0.4, -0.2) is 5.11 Å². The number of unbranched alkanes of at least 4 members (excludes halogenated alkanes) is 1. The maximum Gasteiger partial charge on any atom is 0.339 e. The number of phenolic OH excluding ortho intramolecular Hbond substituents is 1. The van der Waals surface area contributed by atoms with E-state index >= 15 is 0 Å². The van der Waals surface area contributed by atoms with Gasteiger partial charge in [-0.25, -0.2) is 4.79 Å². The molecule has 3 rings (SSSR count). The van der Waals surface area contributed by atoms with Gasteiger partial charge in [0.25, 0.3) is 0 Å². The number of hydrogen-bond donors (Lipinski definition) is 1. The molecular weight excluding hydrogens is 312 g/mol. The third-order valence-corrected chi connectivity index (χ3v) is 5.85. The summed E-state index contributed by atoms with van der Waals surface area (Å²) >= 11 is 0. The van der Waals surface area contributed by atoms with Crippen LogP contribution in [0.2, 0.25) is 0 Å². The van der Waals surface area contributed by atoms with Crippen molar-refractivity contribution in [1.82, 2.24) is 0 Å². The van der Waals surface area contributed by atoms with Crippen molar-refractivity contribution in [3.05, 3.63) is 39.7 Å². The van der Waals surface area contributed by atoms with Crippen LogP contribution in [-0.2, 0) is 11.8 Å². The lowest BCUT2D eigenvalue weighted by atomic mass is 9.66. The zero-order chi connectivity index (χ0) is 17.9. The first-order valence-corrected chi connectivity index (χ1v) is 9.90. The molecule has 25 heavy (non-hydrogen) atoms. The fourth-order valence-electron chi connectivity index (χ4n) is 4.42. The minimum Gasteiger partial charge on any atom is -0.507 e. The van der Waals surface area contributed by atoms with Gasteiger partial charge >= 0.3 is 5.63 Å². The van der Waals surface area contributed by atoms with Gasteiger partial charge in [-0.3, -0.25) is 0 Å². The SMILES string of the molecule is CCCCC1(c2cc(O)c3cc(CCC)c(=O)oc3c2)CCCCC1. The van der Waals surface area contributed by atoms with Crippen LogP contribution in [0.25, 0.3) is 11.0 Å². The third kappa shape index (κ3) is 3.61. The fraction of sp³-hybridized carbons (Fsp3) is 0.591. The Bertz CT molecular complexity index is 782. The van der Waals surface area contributed by atoms with E-state index in [9.17, 15) is 9.90 Å². The van der Waals surface area contributed by atoms with E-state index in [4.69, 9.17) is 4.42 Å². The molecule has 0 spiro atoms. The zero-order valence-electron chi connectivity index (χ0n) is 15.6. The molecule has 1 fully saturated rings. The lowest BCUT2D eigenvalue weighted by Crippen LogP contribution is -2.29. The molecule has 0 saturated heterocycles. The molecule has 3 heteroatoms. The van der Waals surface area contributed by atoms with E-state index in [-0.39, 0.29) is 16.8 Å². The molecule has 3 nitrogen and oxygen atoms in total. The van der Waals surface area contributed by atoms with Crippen molar-refractivity contribution in [2.75, 3.05) is 0 Å². The first-order valence-electron chi connectivity index (χ1n) is 9.90. The smallest absolute Gasteiger partial charge is 0.339 e. The number of benzene rings is 1. The minimum atomic E-state index is -0.267. The Kier molecular flexibility index (Phi) is 5.51. The molecule has 2 aromatic rings. The van der Waals surface area contributed by atoms with Gasteiger partial charge < -0.3 is 9.52 Å². The van der Waals surface area contributed by atoms with E-state index in [1.807, 2.05) is 25.1 Å². The molecule has 1 aromatic heterocycles. The van der Waals surface area contributed by atoms with Crippen LogP contribution in [0, 0.1) is 0 Å². The Hall–Kier alpha value is -1.77. The summed E-state index contributed by atoms with van der Waals surface area (Å²) in [4.78, 5) is 12.2. The van der Waals surface area contributed by atoms with Gasteiger partial charge in [0, 0.05) is 5.56 Å². The van der Waals surface area contributed by atoms with Crippen molar-refractivity contribution >= 4 is 11.0 Å². The predicted octanol–water partition coefficient (Wildman–Crippen LogP) is 5.84. The van der Waals surface area contributed by atoms with Crippen molar-refractivity contribution in [1.29, 1.82) is 0 Å². The standard InChI is InChI=1S/C22H30O3/c1-3-5-10-22(11-7-6-8-12-22)17-14-19(23)18-13-16(9-4-2)21(24)25-20(18)15-17/h13-15,23H,3-12H2,1-2H3. The molecule has 0 amide bonds. The van der Waals surface area contributed by atoms with E-state index in [1.54, 1.807) is 0 Å². The van der Waals surface area contributed by atoms with Crippen LogP contribution in [0.15, 0.2) is 27.4 Å². The summed E-state index contributed by atoms with van der Waals surface area (Å²) in [6, 6.07) is 5.76. The number of fused-ring (bicyclic) bond motifs is 1. The Morgan fingerprint density at radius 1 is 1.08 bits per heavy atom. The summed E-state index contributed by atoms with van der Waals surface area (Å²) in [6.45, 7) is 4.26. The maximum absolute atomic E-state index is 12.2. The number of aromatic hydroxyl groups is 1. The zero-order valence-corrected chi connectivity index (χ0v) is 15.6. The first kappa shape index (κ1) is 18.0. The second-order valence-electron chi connectivity index (χ2n) is 7.66. The summed E-state index contributed by atoms with van der Waals surface area (Å²) in [5.41, 5.74) is 2.19. The van der Waals surface area contributed by atoms with Gasteiger partial charge in [0.05, 0.1) is 5.39 Å². The molecule has 0 radical (unpaired) electrons. The lowest BCUT2D eigenvalue weighted by molar-refractivity contribution is 0.266. The van der Waals surface area contributed by atoms with E-state index < -0.39 is 0 Å². The molecule has 0 atom stereocenters. The average molecular weight is 342 g/mol. The number of hydrogen-bond acceptors (Lipinski definition) is 3. The van der Waals surface area contributed by atoms with Gasteiger partial charge in [0.1, 0.15) is 11.3 Å². The first-order chi connectivity index (χ1) is 12.1. The lowest BCUT2D eigenvalue weighted by Gasteiger charge is -2.38. The highest BCUT2D eigenvalue weighted by Crippen LogP contribution is 2.45. The molecule has 1 aliphatic carbocycles. The summed E-state index contributed by atoms with van der Waals surface area (Å²) in [5, 5.41) is 11.3. The summed E-state index contributed by atoms with van der Waals surface area (Å²) in [6.07, 6.45) is 11.2. The van der Waals surface area contributed by atoms with Crippen LogP contribution in [0.5, 0.6) is 5.75 Å². The largest absolute Gasteiger partial charge is 0.507 e. The molecule has 1 aliphatic rings. The second-order valence-corrected chi connectivity index (χ2v) is 7.66. The molecule has 1 N–H and O–H groups in total. The third-order valence-electron chi connectivity index (χ3n) is 5.85. The van der Waals surface area contributed by atoms with Crippen LogP contribution in [0.3, 0.4) is 0 Å². The highest BCUT2D eigenvalue weighted by molar-refractivity contribution is 5.84. The van der Waals surface area contributed by atoms with Crippen LogP contribution in [0.1, 0.15) is 82.8 Å². The second kappa shape index (κ2) is 7.63. The van der Waals surface area contributed by atoms with Crippen molar-refractivity contribution in [2.45, 2.75) is 83.5 Å². The monoisotopic (exact) mass is 342 g/mol. The molecule has 1 aromatic carbocycles.